The van der Waals surface area contributed by atoms with Crippen molar-refractivity contribution in [3.8, 4) is 5.75 Å². The number of guanidine groups is 1. The van der Waals surface area contributed by atoms with E-state index in [1.54, 1.807) is 13.3 Å². The molecule has 0 aliphatic carbocycles. The number of aliphatic imine (C=N–C) groups is 1. The molecule has 0 bridgehead atoms. The van der Waals surface area contributed by atoms with Crippen LogP contribution in [0.5, 0.6) is 5.75 Å². The summed E-state index contributed by atoms with van der Waals surface area (Å²) in [5.41, 5.74) is 2.30. The van der Waals surface area contributed by atoms with Gasteiger partial charge in [-0.15, -0.1) is 0 Å². The minimum atomic E-state index is -0.0327. The van der Waals surface area contributed by atoms with Crippen LogP contribution >= 0.6 is 0 Å². The quantitative estimate of drug-likeness (QED) is 0.599. The predicted molar refractivity (Wildman–Crippen MR) is 102 cm³/mol. The summed E-state index contributed by atoms with van der Waals surface area (Å²) in [5.74, 6) is 1.68. The average Bonchev–Trinajstić information content (AvgIpc) is 3.02. The van der Waals surface area contributed by atoms with E-state index in [4.69, 9.17) is 4.74 Å². The minimum Gasteiger partial charge on any atom is -0.497 e. The summed E-state index contributed by atoms with van der Waals surface area (Å²) in [7, 11) is 3.61. The van der Waals surface area contributed by atoms with Crippen molar-refractivity contribution in [2.45, 2.75) is 32.7 Å². The SMILES string of the molecule is CCNC(=NCc1ccnn1C)NCC(C)(C)c1ccc(OC)cc1. The molecular weight excluding hydrogens is 314 g/mol. The summed E-state index contributed by atoms with van der Waals surface area (Å²) in [5, 5.41) is 10.9. The first-order chi connectivity index (χ1) is 12.0. The molecule has 2 rings (SSSR count). The normalized spacial score (nSPS) is 12.1. The number of hydrogen-bond acceptors (Lipinski definition) is 3. The maximum absolute atomic E-state index is 5.24. The molecule has 1 aromatic heterocycles. The largest absolute Gasteiger partial charge is 0.497 e. The summed E-state index contributed by atoms with van der Waals surface area (Å²) < 4.78 is 7.08. The molecule has 1 heterocycles. The van der Waals surface area contributed by atoms with Crippen molar-refractivity contribution in [3.63, 3.8) is 0 Å². The Morgan fingerprint density at radius 3 is 2.48 bits per heavy atom. The predicted octanol–water partition coefficient (Wildman–Crippen LogP) is 2.46. The van der Waals surface area contributed by atoms with Gasteiger partial charge in [0.15, 0.2) is 5.96 Å². The second-order valence-corrected chi connectivity index (χ2v) is 6.61. The lowest BCUT2D eigenvalue weighted by Gasteiger charge is -2.27. The van der Waals surface area contributed by atoms with Gasteiger partial charge in [0.05, 0.1) is 19.3 Å². The summed E-state index contributed by atoms with van der Waals surface area (Å²) in [4.78, 5) is 4.65. The number of methoxy groups -OCH3 is 1. The first kappa shape index (κ1) is 18.8. The molecule has 6 nitrogen and oxygen atoms in total. The number of aryl methyl sites for hydroxylation is 1. The van der Waals surface area contributed by atoms with Crippen LogP contribution in [0.15, 0.2) is 41.5 Å². The van der Waals surface area contributed by atoms with E-state index in [2.05, 4.69) is 53.6 Å². The molecule has 0 atom stereocenters. The Kier molecular flexibility index (Phi) is 6.44. The van der Waals surface area contributed by atoms with Gasteiger partial charge in [0.1, 0.15) is 5.75 Å². The van der Waals surface area contributed by atoms with E-state index in [0.717, 1.165) is 30.5 Å². The van der Waals surface area contributed by atoms with Gasteiger partial charge in [-0.05, 0) is 30.7 Å². The number of aromatic nitrogens is 2. The lowest BCUT2D eigenvalue weighted by molar-refractivity contribution is 0.414. The maximum Gasteiger partial charge on any atom is 0.191 e. The third kappa shape index (κ3) is 5.24. The van der Waals surface area contributed by atoms with Crippen molar-refractivity contribution in [2.75, 3.05) is 20.2 Å². The Morgan fingerprint density at radius 1 is 1.20 bits per heavy atom. The topological polar surface area (TPSA) is 63.5 Å². The highest BCUT2D eigenvalue weighted by atomic mass is 16.5. The van der Waals surface area contributed by atoms with Gasteiger partial charge in [-0.1, -0.05) is 26.0 Å². The Balaban J connectivity index is 2.01. The number of hydrogen-bond donors (Lipinski definition) is 2. The highest BCUT2D eigenvalue weighted by Crippen LogP contribution is 2.24. The third-order valence-electron chi connectivity index (χ3n) is 4.24. The molecule has 1 aromatic carbocycles. The first-order valence-electron chi connectivity index (χ1n) is 8.60. The van der Waals surface area contributed by atoms with Gasteiger partial charge in [0, 0.05) is 31.7 Å². The van der Waals surface area contributed by atoms with Gasteiger partial charge >= 0.3 is 0 Å². The Bertz CT molecular complexity index is 688. The second kappa shape index (κ2) is 8.55. The zero-order valence-corrected chi connectivity index (χ0v) is 15.8. The fourth-order valence-corrected chi connectivity index (χ4v) is 2.51. The van der Waals surface area contributed by atoms with Gasteiger partial charge < -0.3 is 15.4 Å². The fraction of sp³-hybridized carbons (Fsp3) is 0.474. The first-order valence-corrected chi connectivity index (χ1v) is 8.60. The van der Waals surface area contributed by atoms with Crippen LogP contribution in [-0.2, 0) is 19.0 Å². The van der Waals surface area contributed by atoms with Crippen molar-refractivity contribution in [1.29, 1.82) is 0 Å². The number of rotatable bonds is 7. The van der Waals surface area contributed by atoms with Gasteiger partial charge in [-0.25, -0.2) is 4.99 Å². The van der Waals surface area contributed by atoms with E-state index < -0.39 is 0 Å². The molecular formula is C19H29N5O. The highest BCUT2D eigenvalue weighted by Gasteiger charge is 2.21. The molecule has 0 fully saturated rings. The van der Waals surface area contributed by atoms with Crippen LogP contribution in [0.2, 0.25) is 0 Å². The zero-order valence-electron chi connectivity index (χ0n) is 15.8. The van der Waals surface area contributed by atoms with E-state index in [1.165, 1.54) is 5.56 Å². The maximum atomic E-state index is 5.24. The summed E-state index contributed by atoms with van der Waals surface area (Å²) >= 11 is 0. The number of ether oxygens (including phenoxy) is 1. The van der Waals surface area contributed by atoms with Crippen LogP contribution < -0.4 is 15.4 Å². The molecule has 136 valence electrons. The van der Waals surface area contributed by atoms with Crippen LogP contribution in [0.3, 0.4) is 0 Å². The zero-order chi connectivity index (χ0) is 18.3. The molecule has 0 spiro atoms. The van der Waals surface area contributed by atoms with E-state index in [-0.39, 0.29) is 5.41 Å². The van der Waals surface area contributed by atoms with E-state index in [0.29, 0.717) is 6.54 Å². The molecule has 2 aromatic rings. The van der Waals surface area contributed by atoms with Gasteiger partial charge in [-0.3, -0.25) is 4.68 Å². The lowest BCUT2D eigenvalue weighted by atomic mass is 9.84. The molecule has 0 saturated heterocycles. The highest BCUT2D eigenvalue weighted by molar-refractivity contribution is 5.79. The van der Waals surface area contributed by atoms with Crippen LogP contribution in [0.1, 0.15) is 32.0 Å². The van der Waals surface area contributed by atoms with Crippen LogP contribution in [0.25, 0.3) is 0 Å². The van der Waals surface area contributed by atoms with Crippen LogP contribution in [0.4, 0.5) is 0 Å². The molecule has 0 saturated carbocycles. The van der Waals surface area contributed by atoms with Crippen molar-refractivity contribution in [1.82, 2.24) is 20.4 Å². The van der Waals surface area contributed by atoms with E-state index in [9.17, 15) is 0 Å². The minimum absolute atomic E-state index is 0.0327. The molecule has 0 radical (unpaired) electrons. The van der Waals surface area contributed by atoms with Crippen LogP contribution in [0, 0.1) is 0 Å². The van der Waals surface area contributed by atoms with E-state index in [1.807, 2.05) is 29.9 Å². The number of nitrogens with one attached hydrogen (secondary N) is 2. The van der Waals surface area contributed by atoms with Crippen molar-refractivity contribution < 1.29 is 4.74 Å². The summed E-state index contributed by atoms with van der Waals surface area (Å²) in [6.45, 7) is 8.68. The Labute approximate surface area is 150 Å². The van der Waals surface area contributed by atoms with Gasteiger partial charge in [-0.2, -0.15) is 5.10 Å². The third-order valence-corrected chi connectivity index (χ3v) is 4.24. The average molecular weight is 343 g/mol. The van der Waals surface area contributed by atoms with Crippen molar-refractivity contribution in [2.24, 2.45) is 12.0 Å². The fourth-order valence-electron chi connectivity index (χ4n) is 2.51. The molecule has 0 aliphatic rings. The summed E-state index contributed by atoms with van der Waals surface area (Å²) in [6.07, 6.45) is 1.79. The van der Waals surface area contributed by atoms with Crippen molar-refractivity contribution >= 4 is 5.96 Å². The number of benzene rings is 1. The monoisotopic (exact) mass is 343 g/mol. The lowest BCUT2D eigenvalue weighted by Crippen LogP contribution is -2.43. The standard InChI is InChI=1S/C19H29N5O/c1-6-20-18(21-13-16-11-12-23-24(16)4)22-14-19(2,3)15-7-9-17(25-5)10-8-15/h7-12H,6,13-14H2,1-5H3,(H2,20,21,22). The van der Waals surface area contributed by atoms with Gasteiger partial charge in [0.25, 0.3) is 0 Å². The Morgan fingerprint density at radius 2 is 1.92 bits per heavy atom. The number of nitrogens with zero attached hydrogens (tertiary/aromatic N) is 3. The molecule has 6 heteroatoms. The summed E-state index contributed by atoms with van der Waals surface area (Å²) in [6, 6.07) is 10.2. The van der Waals surface area contributed by atoms with Crippen LogP contribution in [-0.4, -0.2) is 35.9 Å². The molecule has 0 aliphatic heterocycles. The van der Waals surface area contributed by atoms with Gasteiger partial charge in [0.2, 0.25) is 0 Å². The Hall–Kier alpha value is -2.50. The van der Waals surface area contributed by atoms with E-state index >= 15 is 0 Å². The molecule has 25 heavy (non-hydrogen) atoms. The smallest absolute Gasteiger partial charge is 0.191 e. The van der Waals surface area contributed by atoms with Crippen molar-refractivity contribution in [3.05, 3.63) is 47.8 Å². The molecule has 2 N–H and O–H groups in total. The molecule has 0 unspecified atom stereocenters. The second-order valence-electron chi connectivity index (χ2n) is 6.61. The molecule has 0 amide bonds.